The van der Waals surface area contributed by atoms with Crippen molar-refractivity contribution in [2.75, 3.05) is 23.8 Å². The number of fused-ring (bicyclic) bond motifs is 1. The van der Waals surface area contributed by atoms with Crippen molar-refractivity contribution in [3.63, 3.8) is 0 Å². The Morgan fingerprint density at radius 3 is 2.28 bits per heavy atom. The molecule has 1 aliphatic heterocycles. The first-order valence-electron chi connectivity index (χ1n) is 7.81. The van der Waals surface area contributed by atoms with Gasteiger partial charge < -0.3 is 25.2 Å². The van der Waals surface area contributed by atoms with E-state index in [1.54, 1.807) is 24.3 Å². The highest BCUT2D eigenvalue weighted by Crippen LogP contribution is 2.33. The Bertz CT molecular complexity index is 901. The molecule has 0 fully saturated rings. The minimum absolute atomic E-state index is 0.189. The van der Waals surface area contributed by atoms with Crippen molar-refractivity contribution in [2.24, 2.45) is 0 Å². The minimum Gasteiger partial charge on any atom is -0.508 e. The van der Waals surface area contributed by atoms with Gasteiger partial charge in [-0.25, -0.2) is 9.97 Å². The highest BCUT2D eigenvalue weighted by atomic mass is 16.6. The number of anilines is 4. The fraction of sp³-hybridized carbons (Fsp3) is 0.111. The van der Waals surface area contributed by atoms with Gasteiger partial charge in [0.15, 0.2) is 11.5 Å². The van der Waals surface area contributed by atoms with Crippen LogP contribution < -0.4 is 20.1 Å². The van der Waals surface area contributed by atoms with Crippen LogP contribution in [0.1, 0.15) is 0 Å². The molecule has 7 nitrogen and oxygen atoms in total. The third kappa shape index (κ3) is 3.55. The lowest BCUT2D eigenvalue weighted by Crippen LogP contribution is -2.15. The molecule has 7 heteroatoms. The largest absolute Gasteiger partial charge is 0.508 e. The van der Waals surface area contributed by atoms with Gasteiger partial charge in [-0.1, -0.05) is 6.07 Å². The molecule has 126 valence electrons. The van der Waals surface area contributed by atoms with Gasteiger partial charge in [0.1, 0.15) is 36.9 Å². The average Bonchev–Trinajstić information content (AvgIpc) is 2.62. The van der Waals surface area contributed by atoms with Crippen molar-refractivity contribution < 1.29 is 14.6 Å². The average molecular weight is 336 g/mol. The second-order valence-corrected chi connectivity index (χ2v) is 5.45. The quantitative estimate of drug-likeness (QED) is 0.672. The van der Waals surface area contributed by atoms with Crippen molar-refractivity contribution in [1.29, 1.82) is 0 Å². The summed E-state index contributed by atoms with van der Waals surface area (Å²) in [5.74, 6) is 2.89. The third-order valence-electron chi connectivity index (χ3n) is 3.60. The van der Waals surface area contributed by atoms with Gasteiger partial charge >= 0.3 is 0 Å². The second-order valence-electron chi connectivity index (χ2n) is 5.45. The molecule has 2 aromatic carbocycles. The number of rotatable bonds is 4. The molecule has 0 aliphatic carbocycles. The lowest BCUT2D eigenvalue weighted by molar-refractivity contribution is 0.171. The van der Waals surface area contributed by atoms with Crippen LogP contribution in [0.2, 0.25) is 0 Å². The van der Waals surface area contributed by atoms with E-state index in [4.69, 9.17) is 9.47 Å². The molecular weight excluding hydrogens is 320 g/mol. The number of hydrogen-bond acceptors (Lipinski definition) is 7. The van der Waals surface area contributed by atoms with E-state index in [1.807, 2.05) is 24.3 Å². The molecule has 4 rings (SSSR count). The van der Waals surface area contributed by atoms with Gasteiger partial charge in [-0.05, 0) is 24.3 Å². The SMILES string of the molecule is Oc1cccc(Nc2cc(Nc3ccc4c(c3)OCCO4)ncn2)c1. The van der Waals surface area contributed by atoms with E-state index < -0.39 is 0 Å². The Balaban J connectivity index is 1.51. The van der Waals surface area contributed by atoms with Gasteiger partial charge in [0.25, 0.3) is 0 Å². The molecule has 0 amide bonds. The summed E-state index contributed by atoms with van der Waals surface area (Å²) in [6.07, 6.45) is 1.46. The number of aromatic nitrogens is 2. The zero-order valence-electron chi connectivity index (χ0n) is 13.3. The summed E-state index contributed by atoms with van der Waals surface area (Å²) in [5, 5.41) is 15.9. The molecule has 3 N–H and O–H groups in total. The van der Waals surface area contributed by atoms with E-state index >= 15 is 0 Å². The van der Waals surface area contributed by atoms with Crippen LogP contribution in [0.25, 0.3) is 0 Å². The highest BCUT2D eigenvalue weighted by Gasteiger charge is 2.12. The van der Waals surface area contributed by atoms with E-state index in [1.165, 1.54) is 6.33 Å². The van der Waals surface area contributed by atoms with E-state index in [0.717, 1.165) is 17.1 Å². The normalized spacial score (nSPS) is 12.5. The maximum absolute atomic E-state index is 9.53. The van der Waals surface area contributed by atoms with Gasteiger partial charge in [0.2, 0.25) is 0 Å². The first kappa shape index (κ1) is 15.1. The summed E-state index contributed by atoms with van der Waals surface area (Å²) in [5.41, 5.74) is 1.58. The molecular formula is C18H16N4O3. The predicted molar refractivity (Wildman–Crippen MR) is 94.1 cm³/mol. The molecule has 0 saturated heterocycles. The minimum atomic E-state index is 0.189. The van der Waals surface area contributed by atoms with E-state index in [2.05, 4.69) is 20.6 Å². The number of phenolic OH excluding ortho intramolecular Hbond substituents is 1. The number of hydrogen-bond donors (Lipinski definition) is 3. The Labute approximate surface area is 144 Å². The summed E-state index contributed by atoms with van der Waals surface area (Å²) in [6.45, 7) is 1.11. The summed E-state index contributed by atoms with van der Waals surface area (Å²) in [4.78, 5) is 8.41. The fourth-order valence-corrected chi connectivity index (χ4v) is 2.49. The van der Waals surface area contributed by atoms with E-state index in [9.17, 15) is 5.11 Å². The number of nitrogens with one attached hydrogen (secondary N) is 2. The molecule has 0 radical (unpaired) electrons. The Kier molecular flexibility index (Phi) is 3.96. The first-order chi connectivity index (χ1) is 12.3. The zero-order chi connectivity index (χ0) is 17.1. The number of benzene rings is 2. The maximum Gasteiger partial charge on any atom is 0.163 e. The molecule has 3 aromatic rings. The molecule has 2 heterocycles. The molecule has 0 unspecified atom stereocenters. The van der Waals surface area contributed by atoms with Gasteiger partial charge in [-0.3, -0.25) is 0 Å². The van der Waals surface area contributed by atoms with Crippen LogP contribution in [0.5, 0.6) is 17.2 Å². The van der Waals surface area contributed by atoms with Crippen LogP contribution in [0, 0.1) is 0 Å². The van der Waals surface area contributed by atoms with E-state index in [-0.39, 0.29) is 5.75 Å². The van der Waals surface area contributed by atoms with Crippen LogP contribution in [-0.4, -0.2) is 28.3 Å². The lowest BCUT2D eigenvalue weighted by Gasteiger charge is -2.19. The number of ether oxygens (including phenoxy) is 2. The molecule has 0 spiro atoms. The second kappa shape index (κ2) is 6.56. The van der Waals surface area contributed by atoms with Gasteiger partial charge in [0, 0.05) is 29.6 Å². The molecule has 0 bridgehead atoms. The number of nitrogens with zero attached hydrogens (tertiary/aromatic N) is 2. The highest BCUT2D eigenvalue weighted by molar-refractivity contribution is 5.65. The zero-order valence-corrected chi connectivity index (χ0v) is 13.3. The van der Waals surface area contributed by atoms with Crippen LogP contribution in [0.4, 0.5) is 23.0 Å². The smallest absolute Gasteiger partial charge is 0.163 e. The Hall–Kier alpha value is -3.48. The predicted octanol–water partition coefficient (Wildman–Crippen LogP) is 3.44. The Morgan fingerprint density at radius 2 is 1.52 bits per heavy atom. The van der Waals surface area contributed by atoms with Crippen LogP contribution in [-0.2, 0) is 0 Å². The number of phenols is 1. The summed E-state index contributed by atoms with van der Waals surface area (Å²) >= 11 is 0. The molecule has 1 aromatic heterocycles. The molecule has 25 heavy (non-hydrogen) atoms. The van der Waals surface area contributed by atoms with E-state index in [0.29, 0.717) is 30.6 Å². The van der Waals surface area contributed by atoms with Crippen molar-refractivity contribution in [3.8, 4) is 17.2 Å². The summed E-state index contributed by atoms with van der Waals surface area (Å²) < 4.78 is 11.1. The molecule has 0 saturated carbocycles. The molecule has 0 atom stereocenters. The lowest BCUT2D eigenvalue weighted by atomic mass is 10.2. The monoisotopic (exact) mass is 336 g/mol. The fourth-order valence-electron chi connectivity index (χ4n) is 2.49. The Morgan fingerprint density at radius 1 is 0.800 bits per heavy atom. The van der Waals surface area contributed by atoms with Crippen LogP contribution >= 0.6 is 0 Å². The van der Waals surface area contributed by atoms with Crippen molar-refractivity contribution in [2.45, 2.75) is 0 Å². The summed E-state index contributed by atoms with van der Waals surface area (Å²) in [6, 6.07) is 14.3. The van der Waals surface area contributed by atoms with Gasteiger partial charge in [0.05, 0.1) is 0 Å². The van der Waals surface area contributed by atoms with Crippen molar-refractivity contribution in [3.05, 3.63) is 54.9 Å². The maximum atomic E-state index is 9.53. The van der Waals surface area contributed by atoms with Crippen molar-refractivity contribution >= 4 is 23.0 Å². The van der Waals surface area contributed by atoms with Crippen LogP contribution in [0.3, 0.4) is 0 Å². The topological polar surface area (TPSA) is 88.5 Å². The van der Waals surface area contributed by atoms with Gasteiger partial charge in [-0.15, -0.1) is 0 Å². The van der Waals surface area contributed by atoms with Crippen molar-refractivity contribution in [1.82, 2.24) is 9.97 Å². The molecule has 1 aliphatic rings. The third-order valence-corrected chi connectivity index (χ3v) is 3.60. The van der Waals surface area contributed by atoms with Gasteiger partial charge in [-0.2, -0.15) is 0 Å². The first-order valence-corrected chi connectivity index (χ1v) is 7.81. The summed E-state index contributed by atoms with van der Waals surface area (Å²) in [7, 11) is 0. The number of aromatic hydroxyl groups is 1. The van der Waals surface area contributed by atoms with Crippen LogP contribution in [0.15, 0.2) is 54.9 Å². The standard InChI is InChI=1S/C18H16N4O3/c23-14-3-1-2-12(8-14)21-17-10-18(20-11-19-17)22-13-4-5-15-16(9-13)25-7-6-24-15/h1-5,8-11,23H,6-7H2,(H2,19,20,21,22).